The molecular weight excluding hydrogens is 378 g/mol. The number of hydrogen-bond acceptors (Lipinski definition) is 4. The number of carbonyl (C=O) groups is 2. The Morgan fingerprint density at radius 2 is 1.63 bits per heavy atom. The normalized spacial score (nSPS) is 21.4. The number of Topliss-reactive ketones (excluding diaryl/α,β-unsaturated/α-hetero) is 1. The van der Waals surface area contributed by atoms with Crippen LogP contribution in [0.1, 0.15) is 65.7 Å². The van der Waals surface area contributed by atoms with Crippen LogP contribution in [0.25, 0.3) is 0 Å². The van der Waals surface area contributed by atoms with E-state index in [1.54, 1.807) is 17.0 Å². The van der Waals surface area contributed by atoms with Crippen LogP contribution < -0.4 is 9.47 Å². The van der Waals surface area contributed by atoms with Gasteiger partial charge in [0.1, 0.15) is 13.2 Å². The highest BCUT2D eigenvalue weighted by molar-refractivity contribution is 6.42. The summed E-state index contributed by atoms with van der Waals surface area (Å²) < 4.78 is 11.7. The second-order valence-electron chi connectivity index (χ2n) is 8.87. The molecule has 0 aromatic heterocycles. The maximum Gasteiger partial charge on any atom is 0.295 e. The first-order valence-electron chi connectivity index (χ1n) is 10.8. The molecule has 0 radical (unpaired) electrons. The van der Waals surface area contributed by atoms with Crippen LogP contribution in [0.3, 0.4) is 0 Å². The molecule has 2 heterocycles. The summed E-state index contributed by atoms with van der Waals surface area (Å²) in [6, 6.07) is 11.2. The standard InChI is InChI=1S/C25H27NO4/c1-16-5-7-18(8-6-16)23(27)24(28)26-15-25(9-3-4-10-25)20-14-22-21(29-11-12-30-22)13-19(20)17(26)2/h5-8,13-14,17H,3-4,9-12,15H2,1-2H3. The third-order valence-corrected chi connectivity index (χ3v) is 7.01. The Hall–Kier alpha value is -2.82. The summed E-state index contributed by atoms with van der Waals surface area (Å²) in [4.78, 5) is 28.1. The molecule has 0 saturated heterocycles. The number of carbonyl (C=O) groups excluding carboxylic acids is 2. The molecule has 1 amide bonds. The molecule has 1 spiro atoms. The summed E-state index contributed by atoms with van der Waals surface area (Å²) in [7, 11) is 0. The molecule has 2 aromatic carbocycles. The summed E-state index contributed by atoms with van der Waals surface area (Å²) in [5, 5.41) is 0. The molecular formula is C25H27NO4. The Balaban J connectivity index is 1.54. The molecule has 1 fully saturated rings. The van der Waals surface area contributed by atoms with Gasteiger partial charge in [-0.15, -0.1) is 0 Å². The Morgan fingerprint density at radius 3 is 2.30 bits per heavy atom. The van der Waals surface area contributed by atoms with Crippen molar-refractivity contribution in [2.75, 3.05) is 19.8 Å². The van der Waals surface area contributed by atoms with Gasteiger partial charge in [-0.25, -0.2) is 0 Å². The molecule has 1 unspecified atom stereocenters. The number of benzene rings is 2. The van der Waals surface area contributed by atoms with Gasteiger partial charge in [0, 0.05) is 17.5 Å². The van der Waals surface area contributed by atoms with Crippen molar-refractivity contribution in [2.24, 2.45) is 0 Å². The van der Waals surface area contributed by atoms with Gasteiger partial charge in [-0.2, -0.15) is 0 Å². The molecule has 156 valence electrons. The van der Waals surface area contributed by atoms with Crippen molar-refractivity contribution in [2.45, 2.75) is 51.0 Å². The van der Waals surface area contributed by atoms with Crippen LogP contribution in [0.5, 0.6) is 11.5 Å². The third kappa shape index (κ3) is 2.99. The molecule has 5 heteroatoms. The molecule has 2 aromatic rings. The zero-order valence-electron chi connectivity index (χ0n) is 17.6. The highest BCUT2D eigenvalue weighted by atomic mass is 16.6. The van der Waals surface area contributed by atoms with Crippen LogP contribution in [-0.4, -0.2) is 36.3 Å². The monoisotopic (exact) mass is 405 g/mol. The zero-order chi connectivity index (χ0) is 20.9. The van der Waals surface area contributed by atoms with Gasteiger partial charge in [0.2, 0.25) is 5.78 Å². The topological polar surface area (TPSA) is 55.8 Å². The Labute approximate surface area is 177 Å². The van der Waals surface area contributed by atoms with Gasteiger partial charge < -0.3 is 14.4 Å². The molecule has 5 nitrogen and oxygen atoms in total. The smallest absolute Gasteiger partial charge is 0.295 e. The lowest BCUT2D eigenvalue weighted by Crippen LogP contribution is -2.50. The highest BCUT2D eigenvalue weighted by Gasteiger charge is 2.47. The molecule has 5 rings (SSSR count). The van der Waals surface area contributed by atoms with E-state index in [0.717, 1.165) is 48.3 Å². The van der Waals surface area contributed by atoms with E-state index < -0.39 is 11.7 Å². The zero-order valence-corrected chi connectivity index (χ0v) is 17.6. The number of ketones is 1. The van der Waals surface area contributed by atoms with Gasteiger partial charge >= 0.3 is 0 Å². The van der Waals surface area contributed by atoms with Crippen LogP contribution in [-0.2, 0) is 10.2 Å². The molecule has 1 saturated carbocycles. The number of aryl methyl sites for hydroxylation is 1. The predicted molar refractivity (Wildman–Crippen MR) is 113 cm³/mol. The fourth-order valence-corrected chi connectivity index (χ4v) is 5.31. The minimum atomic E-state index is -0.434. The van der Waals surface area contributed by atoms with E-state index in [4.69, 9.17) is 9.47 Å². The molecule has 2 aliphatic heterocycles. The number of rotatable bonds is 2. The van der Waals surface area contributed by atoms with E-state index in [-0.39, 0.29) is 11.5 Å². The van der Waals surface area contributed by atoms with E-state index >= 15 is 0 Å². The van der Waals surface area contributed by atoms with Crippen molar-refractivity contribution < 1.29 is 19.1 Å². The van der Waals surface area contributed by atoms with Crippen LogP contribution in [0, 0.1) is 6.92 Å². The molecule has 3 aliphatic rings. The maximum atomic E-state index is 13.4. The minimum Gasteiger partial charge on any atom is -0.486 e. The lowest BCUT2D eigenvalue weighted by atomic mass is 9.71. The van der Waals surface area contributed by atoms with E-state index in [0.29, 0.717) is 25.3 Å². The Kier molecular flexibility index (Phi) is 4.57. The molecule has 1 atom stereocenters. The van der Waals surface area contributed by atoms with Crippen molar-refractivity contribution in [3.8, 4) is 11.5 Å². The summed E-state index contributed by atoms with van der Waals surface area (Å²) >= 11 is 0. The summed E-state index contributed by atoms with van der Waals surface area (Å²) in [5.41, 5.74) is 3.75. The quantitative estimate of drug-likeness (QED) is 0.550. The highest BCUT2D eigenvalue weighted by Crippen LogP contribution is 2.52. The van der Waals surface area contributed by atoms with Gasteiger partial charge in [0.15, 0.2) is 11.5 Å². The third-order valence-electron chi connectivity index (χ3n) is 7.01. The summed E-state index contributed by atoms with van der Waals surface area (Å²) in [6.07, 6.45) is 4.32. The SMILES string of the molecule is Cc1ccc(C(=O)C(=O)N2CC3(CCCC3)c3cc4c(cc3C2C)OCCO4)cc1. The van der Waals surface area contributed by atoms with Crippen molar-refractivity contribution in [1.29, 1.82) is 0 Å². The van der Waals surface area contributed by atoms with Crippen molar-refractivity contribution >= 4 is 11.7 Å². The molecule has 30 heavy (non-hydrogen) atoms. The van der Waals surface area contributed by atoms with Crippen LogP contribution in [0.2, 0.25) is 0 Å². The van der Waals surface area contributed by atoms with E-state index in [2.05, 4.69) is 6.07 Å². The van der Waals surface area contributed by atoms with Gasteiger partial charge in [-0.1, -0.05) is 42.7 Å². The Morgan fingerprint density at radius 1 is 1.00 bits per heavy atom. The van der Waals surface area contributed by atoms with E-state index in [9.17, 15) is 9.59 Å². The van der Waals surface area contributed by atoms with Gasteiger partial charge in [-0.3, -0.25) is 9.59 Å². The lowest BCUT2D eigenvalue weighted by Gasteiger charge is -2.46. The number of ether oxygens (including phenoxy) is 2. The molecule has 0 bridgehead atoms. The lowest BCUT2D eigenvalue weighted by molar-refractivity contribution is -0.130. The maximum absolute atomic E-state index is 13.4. The first-order valence-corrected chi connectivity index (χ1v) is 10.8. The van der Waals surface area contributed by atoms with Crippen molar-refractivity contribution in [1.82, 2.24) is 4.90 Å². The number of amides is 1. The predicted octanol–water partition coefficient (Wildman–Crippen LogP) is 4.36. The van der Waals surface area contributed by atoms with Gasteiger partial charge in [0.25, 0.3) is 5.91 Å². The average Bonchev–Trinajstić information content (AvgIpc) is 3.24. The number of hydrogen-bond donors (Lipinski definition) is 0. The van der Waals surface area contributed by atoms with Crippen LogP contribution in [0.4, 0.5) is 0 Å². The summed E-state index contributed by atoms with van der Waals surface area (Å²) in [5.74, 6) is 0.683. The number of nitrogens with zero attached hydrogens (tertiary/aromatic N) is 1. The average molecular weight is 405 g/mol. The summed E-state index contributed by atoms with van der Waals surface area (Å²) in [6.45, 7) is 5.65. The largest absolute Gasteiger partial charge is 0.486 e. The van der Waals surface area contributed by atoms with Crippen molar-refractivity contribution in [3.05, 3.63) is 58.7 Å². The van der Waals surface area contributed by atoms with Gasteiger partial charge in [0.05, 0.1) is 6.04 Å². The van der Waals surface area contributed by atoms with Gasteiger partial charge in [-0.05, 0) is 49.9 Å². The Bertz CT molecular complexity index is 1000. The van der Waals surface area contributed by atoms with Crippen LogP contribution >= 0.6 is 0 Å². The fraction of sp³-hybridized carbons (Fsp3) is 0.440. The molecule has 1 aliphatic carbocycles. The van der Waals surface area contributed by atoms with E-state index in [1.165, 1.54) is 5.56 Å². The minimum absolute atomic E-state index is 0.110. The second kappa shape index (κ2) is 7.15. The first-order chi connectivity index (χ1) is 14.5. The van der Waals surface area contributed by atoms with Crippen molar-refractivity contribution in [3.63, 3.8) is 0 Å². The van der Waals surface area contributed by atoms with E-state index in [1.807, 2.05) is 32.0 Å². The molecule has 0 N–H and O–H groups in total. The number of fused-ring (bicyclic) bond motifs is 3. The first kappa shape index (κ1) is 19.2. The van der Waals surface area contributed by atoms with Crippen LogP contribution in [0.15, 0.2) is 36.4 Å². The second-order valence-corrected chi connectivity index (χ2v) is 8.87. The fourth-order valence-electron chi connectivity index (χ4n) is 5.31.